The molecule has 0 aromatic heterocycles. The van der Waals surface area contributed by atoms with Crippen LogP contribution in [0.3, 0.4) is 0 Å². The molecule has 0 saturated heterocycles. The van der Waals surface area contributed by atoms with Crippen molar-refractivity contribution in [3.63, 3.8) is 0 Å². The summed E-state index contributed by atoms with van der Waals surface area (Å²) < 4.78 is 45.3. The minimum Gasteiger partial charge on any atom is -0.495 e. The predicted molar refractivity (Wildman–Crippen MR) is 150 cm³/mol. The van der Waals surface area contributed by atoms with Crippen molar-refractivity contribution in [2.45, 2.75) is 25.9 Å². The van der Waals surface area contributed by atoms with Gasteiger partial charge in [0.15, 0.2) is 0 Å². The maximum Gasteiger partial charge on any atom is 0.244 e. The molecule has 1 N–H and O–H groups in total. The van der Waals surface area contributed by atoms with Crippen molar-refractivity contribution in [1.82, 2.24) is 10.2 Å². The lowest BCUT2D eigenvalue weighted by Gasteiger charge is -2.33. The number of carbonyl (C=O) groups excluding carboxylic acids is 2. The molecule has 0 radical (unpaired) electrons. The van der Waals surface area contributed by atoms with Gasteiger partial charge in [0.1, 0.15) is 24.2 Å². The normalized spacial score (nSPS) is 11.9. The molecule has 0 unspecified atom stereocenters. The van der Waals surface area contributed by atoms with Gasteiger partial charge in [-0.05, 0) is 48.4 Å². The summed E-state index contributed by atoms with van der Waals surface area (Å²) in [6.07, 6.45) is 1.17. The summed E-state index contributed by atoms with van der Waals surface area (Å²) in [6, 6.07) is 18.2. The summed E-state index contributed by atoms with van der Waals surface area (Å²) in [5.74, 6) is -1.11. The van der Waals surface area contributed by atoms with E-state index in [2.05, 4.69) is 5.32 Å². The number of hydrogen-bond acceptors (Lipinski definition) is 5. The van der Waals surface area contributed by atoms with Crippen LogP contribution in [0.1, 0.15) is 18.1 Å². The third kappa shape index (κ3) is 8.18. The van der Waals surface area contributed by atoms with Gasteiger partial charge in [0.05, 0.1) is 24.1 Å². The van der Waals surface area contributed by atoms with Crippen LogP contribution in [0, 0.1) is 5.82 Å². The fraction of sp³-hybridized carbons (Fsp3) is 0.286. The molecule has 208 valence electrons. The molecule has 0 bridgehead atoms. The number of anilines is 1. The zero-order valence-electron chi connectivity index (χ0n) is 21.9. The molecule has 0 spiro atoms. The van der Waals surface area contributed by atoms with Gasteiger partial charge in [-0.3, -0.25) is 13.9 Å². The molecular weight excluding hydrogens is 545 g/mol. The number of amides is 2. The lowest BCUT2D eigenvalue weighted by atomic mass is 10.0. The second-order valence-corrected chi connectivity index (χ2v) is 11.2. The number of methoxy groups -OCH3 is 1. The topological polar surface area (TPSA) is 96.0 Å². The third-order valence-corrected chi connectivity index (χ3v) is 7.43. The van der Waals surface area contributed by atoms with Gasteiger partial charge < -0.3 is 15.0 Å². The highest BCUT2D eigenvalue weighted by Crippen LogP contribution is 2.30. The molecule has 0 saturated carbocycles. The van der Waals surface area contributed by atoms with Crippen LogP contribution in [0.4, 0.5) is 10.1 Å². The molecule has 39 heavy (non-hydrogen) atoms. The lowest BCUT2D eigenvalue weighted by Crippen LogP contribution is -2.53. The maximum absolute atomic E-state index is 13.9. The van der Waals surface area contributed by atoms with E-state index in [4.69, 9.17) is 16.3 Å². The molecule has 8 nitrogen and oxygen atoms in total. The van der Waals surface area contributed by atoms with Gasteiger partial charge >= 0.3 is 0 Å². The Morgan fingerprint density at radius 1 is 1.03 bits per heavy atom. The van der Waals surface area contributed by atoms with Crippen molar-refractivity contribution >= 4 is 39.1 Å². The molecule has 0 fully saturated rings. The number of carbonyl (C=O) groups is 2. The lowest BCUT2D eigenvalue weighted by molar-refractivity contribution is -0.140. The SMILES string of the molecule is CCNC(=O)[C@@H](Cc1ccccc1)N(Cc1ccc(F)cc1)C(=O)CN(c1ccc(OC)c(Cl)c1)S(C)(=O)=O. The third-order valence-electron chi connectivity index (χ3n) is 5.99. The number of benzene rings is 3. The van der Waals surface area contributed by atoms with E-state index in [1.165, 1.54) is 54.5 Å². The first-order chi connectivity index (χ1) is 18.5. The Hall–Kier alpha value is -3.63. The van der Waals surface area contributed by atoms with Crippen LogP contribution in [0.25, 0.3) is 0 Å². The summed E-state index contributed by atoms with van der Waals surface area (Å²) in [4.78, 5) is 28.5. The van der Waals surface area contributed by atoms with E-state index in [0.717, 1.165) is 16.1 Å². The first-order valence-electron chi connectivity index (χ1n) is 12.2. The minimum atomic E-state index is -3.94. The van der Waals surface area contributed by atoms with Crippen LogP contribution in [-0.2, 0) is 32.6 Å². The van der Waals surface area contributed by atoms with E-state index >= 15 is 0 Å². The van der Waals surface area contributed by atoms with Crippen molar-refractivity contribution in [3.05, 3.63) is 94.8 Å². The van der Waals surface area contributed by atoms with Gasteiger partial charge in [-0.15, -0.1) is 0 Å². The van der Waals surface area contributed by atoms with E-state index in [-0.39, 0.29) is 23.7 Å². The highest BCUT2D eigenvalue weighted by atomic mass is 35.5. The molecule has 0 aliphatic heterocycles. The minimum absolute atomic E-state index is 0.0469. The summed E-state index contributed by atoms with van der Waals surface area (Å²) in [5, 5.41) is 2.95. The Morgan fingerprint density at radius 3 is 2.26 bits per heavy atom. The fourth-order valence-electron chi connectivity index (χ4n) is 4.06. The van der Waals surface area contributed by atoms with E-state index in [1.807, 2.05) is 30.3 Å². The Kier molecular flexibility index (Phi) is 10.3. The van der Waals surface area contributed by atoms with E-state index < -0.39 is 40.2 Å². The van der Waals surface area contributed by atoms with Gasteiger partial charge in [0.25, 0.3) is 0 Å². The molecular formula is C28H31ClFN3O5S. The molecule has 3 rings (SSSR count). The highest BCUT2D eigenvalue weighted by Gasteiger charge is 2.33. The molecule has 0 aliphatic rings. The van der Waals surface area contributed by atoms with E-state index in [9.17, 15) is 22.4 Å². The molecule has 11 heteroatoms. The Morgan fingerprint density at radius 2 is 1.69 bits per heavy atom. The molecule has 2 amide bonds. The molecule has 3 aromatic rings. The van der Waals surface area contributed by atoms with Gasteiger partial charge in [0.2, 0.25) is 21.8 Å². The van der Waals surface area contributed by atoms with Crippen LogP contribution >= 0.6 is 11.6 Å². The van der Waals surface area contributed by atoms with Crippen LogP contribution < -0.4 is 14.4 Å². The van der Waals surface area contributed by atoms with Crippen LogP contribution in [-0.4, -0.2) is 57.6 Å². The summed E-state index contributed by atoms with van der Waals surface area (Å²) in [6.45, 7) is 1.47. The van der Waals surface area contributed by atoms with Crippen LogP contribution in [0.5, 0.6) is 5.75 Å². The zero-order chi connectivity index (χ0) is 28.6. The molecule has 1 atom stereocenters. The zero-order valence-corrected chi connectivity index (χ0v) is 23.5. The number of likely N-dealkylation sites (N-methyl/N-ethyl adjacent to an activating group) is 1. The monoisotopic (exact) mass is 575 g/mol. The van der Waals surface area contributed by atoms with Gasteiger partial charge in [0, 0.05) is 19.5 Å². The van der Waals surface area contributed by atoms with Gasteiger partial charge in [-0.2, -0.15) is 0 Å². The second-order valence-electron chi connectivity index (χ2n) is 8.84. The van der Waals surface area contributed by atoms with Crippen LogP contribution in [0.2, 0.25) is 5.02 Å². The van der Waals surface area contributed by atoms with Crippen molar-refractivity contribution in [3.8, 4) is 5.75 Å². The molecule has 0 heterocycles. The number of ether oxygens (including phenoxy) is 1. The smallest absolute Gasteiger partial charge is 0.244 e. The standard InChI is InChI=1S/C28H31ClFN3O5S/c1-4-31-28(35)25(16-20-8-6-5-7-9-20)32(18-21-10-12-22(30)13-11-21)27(34)19-33(39(3,36)37)23-14-15-26(38-2)24(29)17-23/h5-15,17,25H,4,16,18-19H2,1-3H3,(H,31,35)/t25-/m1/s1. The summed E-state index contributed by atoms with van der Waals surface area (Å²) in [5.41, 5.74) is 1.55. The summed E-state index contributed by atoms with van der Waals surface area (Å²) in [7, 11) is -2.51. The number of rotatable bonds is 12. The maximum atomic E-state index is 13.9. The Balaban J connectivity index is 2.04. The van der Waals surface area contributed by atoms with Gasteiger partial charge in [-0.1, -0.05) is 54.1 Å². The fourth-order valence-corrected chi connectivity index (χ4v) is 5.15. The van der Waals surface area contributed by atoms with Crippen molar-refractivity contribution in [2.75, 3.05) is 30.8 Å². The van der Waals surface area contributed by atoms with E-state index in [0.29, 0.717) is 17.9 Å². The average molecular weight is 576 g/mol. The number of nitrogens with one attached hydrogen (secondary N) is 1. The van der Waals surface area contributed by atoms with Gasteiger partial charge in [-0.25, -0.2) is 12.8 Å². The number of halogens is 2. The highest BCUT2D eigenvalue weighted by molar-refractivity contribution is 7.92. The number of nitrogens with zero attached hydrogens (tertiary/aromatic N) is 2. The van der Waals surface area contributed by atoms with Crippen LogP contribution in [0.15, 0.2) is 72.8 Å². The summed E-state index contributed by atoms with van der Waals surface area (Å²) >= 11 is 6.23. The molecule has 0 aliphatic carbocycles. The van der Waals surface area contributed by atoms with Crippen molar-refractivity contribution < 1.29 is 27.1 Å². The van der Waals surface area contributed by atoms with Crippen molar-refractivity contribution in [2.24, 2.45) is 0 Å². The van der Waals surface area contributed by atoms with E-state index in [1.54, 1.807) is 6.92 Å². The second kappa shape index (κ2) is 13.4. The predicted octanol–water partition coefficient (Wildman–Crippen LogP) is 4.03. The average Bonchev–Trinajstić information content (AvgIpc) is 2.90. The number of sulfonamides is 1. The van der Waals surface area contributed by atoms with Crippen molar-refractivity contribution in [1.29, 1.82) is 0 Å². The largest absolute Gasteiger partial charge is 0.495 e. The Labute approximate surface area is 233 Å². The first-order valence-corrected chi connectivity index (χ1v) is 14.4. The number of hydrogen-bond donors (Lipinski definition) is 1. The Bertz CT molecular complexity index is 1390. The molecule has 3 aromatic carbocycles. The first kappa shape index (κ1) is 29.9. The quantitative estimate of drug-likeness (QED) is 0.352.